The first kappa shape index (κ1) is 17.2. The first-order chi connectivity index (χ1) is 9.09. The second kappa shape index (κ2) is 7.84. The van der Waals surface area contributed by atoms with Gasteiger partial charge in [-0.25, -0.2) is 0 Å². The van der Waals surface area contributed by atoms with Gasteiger partial charge in [0.05, 0.1) is 6.04 Å². The number of amides is 2. The normalized spacial score (nSPS) is 22.1. The van der Waals surface area contributed by atoms with Gasteiger partial charge in [0, 0.05) is 32.1 Å². The summed E-state index contributed by atoms with van der Waals surface area (Å²) in [5.74, 6) is 0.516. The van der Waals surface area contributed by atoms with Crippen molar-refractivity contribution in [1.29, 1.82) is 0 Å². The Hall–Kier alpha value is -0.810. The van der Waals surface area contributed by atoms with Crippen LogP contribution in [0.15, 0.2) is 0 Å². The van der Waals surface area contributed by atoms with Crippen molar-refractivity contribution in [2.75, 3.05) is 26.2 Å². The van der Waals surface area contributed by atoms with Crippen LogP contribution in [0.25, 0.3) is 0 Å². The van der Waals surface area contributed by atoms with Crippen molar-refractivity contribution in [3.05, 3.63) is 0 Å². The average Bonchev–Trinajstić information content (AvgIpc) is 2.46. The molecule has 2 N–H and O–H groups in total. The van der Waals surface area contributed by atoms with Gasteiger partial charge in [-0.2, -0.15) is 0 Å². The van der Waals surface area contributed by atoms with Crippen molar-refractivity contribution in [3.8, 4) is 0 Å². The second-order valence-corrected chi connectivity index (χ2v) is 5.77. The number of nitrogens with two attached hydrogens (primary N) is 1. The summed E-state index contributed by atoms with van der Waals surface area (Å²) in [6, 6.07) is -0.444. The fourth-order valence-electron chi connectivity index (χ4n) is 3.04. The van der Waals surface area contributed by atoms with Gasteiger partial charge in [0.25, 0.3) is 0 Å². The lowest BCUT2D eigenvalue weighted by atomic mass is 9.88. The molecule has 5 nitrogen and oxygen atoms in total. The van der Waals surface area contributed by atoms with Crippen LogP contribution in [0.4, 0.5) is 0 Å². The zero-order chi connectivity index (χ0) is 13.8. The van der Waals surface area contributed by atoms with Gasteiger partial charge in [0.2, 0.25) is 11.8 Å². The molecule has 116 valence electrons. The molecule has 2 rings (SSSR count). The molecule has 1 aliphatic heterocycles. The molecule has 2 aliphatic rings. The third-order valence-electron chi connectivity index (χ3n) is 4.25. The van der Waals surface area contributed by atoms with E-state index < -0.39 is 6.04 Å². The highest BCUT2D eigenvalue weighted by molar-refractivity contribution is 5.85. The lowest BCUT2D eigenvalue weighted by Gasteiger charge is -2.37. The van der Waals surface area contributed by atoms with Crippen molar-refractivity contribution < 1.29 is 9.59 Å². The summed E-state index contributed by atoms with van der Waals surface area (Å²) >= 11 is 0. The third kappa shape index (κ3) is 4.09. The zero-order valence-electron chi connectivity index (χ0n) is 12.2. The van der Waals surface area contributed by atoms with Gasteiger partial charge in [-0.3, -0.25) is 9.59 Å². The van der Waals surface area contributed by atoms with Crippen molar-refractivity contribution in [2.45, 2.75) is 45.1 Å². The summed E-state index contributed by atoms with van der Waals surface area (Å²) < 4.78 is 0. The van der Waals surface area contributed by atoms with Crippen LogP contribution in [-0.2, 0) is 9.59 Å². The minimum Gasteiger partial charge on any atom is -0.339 e. The van der Waals surface area contributed by atoms with Crippen LogP contribution in [0.2, 0.25) is 0 Å². The number of rotatable bonds is 2. The Balaban J connectivity index is 0.00000200. The first-order valence-corrected chi connectivity index (χ1v) is 7.42. The van der Waals surface area contributed by atoms with E-state index in [9.17, 15) is 9.59 Å². The maximum Gasteiger partial charge on any atom is 0.239 e. The Bertz CT molecular complexity index is 335. The number of carbonyl (C=O) groups excluding carboxylic acids is 2. The summed E-state index contributed by atoms with van der Waals surface area (Å²) in [6.07, 6.45) is 5.70. The van der Waals surface area contributed by atoms with Crippen molar-refractivity contribution in [3.63, 3.8) is 0 Å². The van der Waals surface area contributed by atoms with Gasteiger partial charge < -0.3 is 15.5 Å². The van der Waals surface area contributed by atoms with Crippen LogP contribution in [0.1, 0.15) is 39.0 Å². The van der Waals surface area contributed by atoms with Gasteiger partial charge in [0.1, 0.15) is 0 Å². The van der Waals surface area contributed by atoms with Gasteiger partial charge in [-0.05, 0) is 19.8 Å². The number of piperazine rings is 1. The molecule has 2 amide bonds. The van der Waals surface area contributed by atoms with Crippen molar-refractivity contribution in [1.82, 2.24) is 9.80 Å². The van der Waals surface area contributed by atoms with Gasteiger partial charge in [-0.15, -0.1) is 12.4 Å². The summed E-state index contributed by atoms with van der Waals surface area (Å²) in [6.45, 7) is 4.28. The average molecular weight is 304 g/mol. The highest BCUT2D eigenvalue weighted by Gasteiger charge is 2.30. The summed E-state index contributed by atoms with van der Waals surface area (Å²) in [5, 5.41) is 0. The summed E-state index contributed by atoms with van der Waals surface area (Å²) in [7, 11) is 0. The number of hydrogen-bond donors (Lipinski definition) is 1. The lowest BCUT2D eigenvalue weighted by molar-refractivity contribution is -0.143. The van der Waals surface area contributed by atoms with E-state index >= 15 is 0 Å². The van der Waals surface area contributed by atoms with E-state index in [0.29, 0.717) is 32.1 Å². The minimum atomic E-state index is -0.444. The molecule has 2 fully saturated rings. The largest absolute Gasteiger partial charge is 0.339 e. The molecule has 1 atom stereocenters. The van der Waals surface area contributed by atoms with E-state index in [-0.39, 0.29) is 24.2 Å². The highest BCUT2D eigenvalue weighted by atomic mass is 35.5. The molecule has 0 aromatic rings. The second-order valence-electron chi connectivity index (χ2n) is 5.77. The Morgan fingerprint density at radius 1 is 1.00 bits per heavy atom. The standard InChI is InChI=1S/C14H25N3O2.ClH/c1-11(15)13(18)16-7-9-17(10-8-16)14(19)12-5-3-2-4-6-12;/h11-12H,2-10,15H2,1H3;1H/t11-;/m0./s1. The molecule has 0 aromatic carbocycles. The van der Waals surface area contributed by atoms with Crippen LogP contribution in [-0.4, -0.2) is 53.8 Å². The molecular formula is C14H26ClN3O2. The number of halogens is 1. The zero-order valence-corrected chi connectivity index (χ0v) is 13.0. The SMILES string of the molecule is C[C@H](N)C(=O)N1CCN(C(=O)C2CCCCC2)CC1.Cl. The topological polar surface area (TPSA) is 66.6 Å². The van der Waals surface area contributed by atoms with Crippen molar-refractivity contribution in [2.24, 2.45) is 11.7 Å². The van der Waals surface area contributed by atoms with E-state index in [0.717, 1.165) is 12.8 Å². The fraction of sp³-hybridized carbons (Fsp3) is 0.857. The molecule has 0 spiro atoms. The van der Waals surface area contributed by atoms with Gasteiger partial charge in [-0.1, -0.05) is 19.3 Å². The summed E-state index contributed by atoms with van der Waals surface area (Å²) in [4.78, 5) is 27.8. The third-order valence-corrected chi connectivity index (χ3v) is 4.25. The maximum absolute atomic E-state index is 12.4. The predicted molar refractivity (Wildman–Crippen MR) is 80.6 cm³/mol. The van der Waals surface area contributed by atoms with Crippen LogP contribution in [0.3, 0.4) is 0 Å². The number of nitrogens with zero attached hydrogens (tertiary/aromatic N) is 2. The van der Waals surface area contributed by atoms with E-state index in [1.54, 1.807) is 11.8 Å². The Morgan fingerprint density at radius 3 is 2.00 bits per heavy atom. The Kier molecular flexibility index (Phi) is 6.76. The lowest BCUT2D eigenvalue weighted by Crippen LogP contribution is -2.54. The predicted octanol–water partition coefficient (Wildman–Crippen LogP) is 1.01. The number of carbonyl (C=O) groups is 2. The van der Waals surface area contributed by atoms with Crippen LogP contribution >= 0.6 is 12.4 Å². The molecule has 0 unspecified atom stereocenters. The minimum absolute atomic E-state index is 0. The van der Waals surface area contributed by atoms with E-state index in [1.807, 2.05) is 4.90 Å². The number of hydrogen-bond acceptors (Lipinski definition) is 3. The molecular weight excluding hydrogens is 278 g/mol. The molecule has 1 aliphatic carbocycles. The van der Waals surface area contributed by atoms with Gasteiger partial charge in [0.15, 0.2) is 0 Å². The quantitative estimate of drug-likeness (QED) is 0.828. The molecule has 0 aromatic heterocycles. The molecule has 20 heavy (non-hydrogen) atoms. The molecule has 1 saturated heterocycles. The van der Waals surface area contributed by atoms with Crippen LogP contribution < -0.4 is 5.73 Å². The maximum atomic E-state index is 12.4. The molecule has 0 radical (unpaired) electrons. The fourth-order valence-corrected chi connectivity index (χ4v) is 3.04. The van der Waals surface area contributed by atoms with Gasteiger partial charge >= 0.3 is 0 Å². The van der Waals surface area contributed by atoms with E-state index in [1.165, 1.54) is 19.3 Å². The van der Waals surface area contributed by atoms with Crippen LogP contribution in [0.5, 0.6) is 0 Å². The Labute approximate surface area is 127 Å². The first-order valence-electron chi connectivity index (χ1n) is 7.42. The van der Waals surface area contributed by atoms with Crippen molar-refractivity contribution >= 4 is 24.2 Å². The molecule has 0 bridgehead atoms. The molecule has 1 saturated carbocycles. The van der Waals surface area contributed by atoms with Crippen LogP contribution in [0, 0.1) is 5.92 Å². The highest BCUT2D eigenvalue weighted by Crippen LogP contribution is 2.25. The monoisotopic (exact) mass is 303 g/mol. The smallest absolute Gasteiger partial charge is 0.239 e. The van der Waals surface area contributed by atoms with E-state index in [2.05, 4.69) is 0 Å². The summed E-state index contributed by atoms with van der Waals surface area (Å²) in [5.41, 5.74) is 5.61. The Morgan fingerprint density at radius 2 is 1.50 bits per heavy atom. The molecule has 6 heteroatoms. The van der Waals surface area contributed by atoms with E-state index in [4.69, 9.17) is 5.73 Å². The molecule has 1 heterocycles.